The molecule has 0 unspecified atom stereocenters. The van der Waals surface area contributed by atoms with Gasteiger partial charge in [-0.05, 0) is 44.6 Å². The molecule has 0 N–H and O–H groups in total. The molecule has 0 radical (unpaired) electrons. The van der Waals surface area contributed by atoms with Crippen LogP contribution in [0.2, 0.25) is 0 Å². The summed E-state index contributed by atoms with van der Waals surface area (Å²) in [6.07, 6.45) is 2.03. The average Bonchev–Trinajstić information content (AvgIpc) is 2.45. The van der Waals surface area contributed by atoms with E-state index in [0.29, 0.717) is 5.41 Å². The molecule has 4 nitrogen and oxygen atoms in total. The minimum atomic E-state index is -0.408. The minimum absolute atomic E-state index is 0.159. The molecule has 126 valence electrons. The van der Waals surface area contributed by atoms with Crippen molar-refractivity contribution in [1.29, 1.82) is 0 Å². The van der Waals surface area contributed by atoms with Gasteiger partial charge in [-0.2, -0.15) is 0 Å². The highest BCUT2D eigenvalue weighted by Crippen LogP contribution is 2.41. The van der Waals surface area contributed by atoms with Crippen LogP contribution in [0.4, 0.5) is 4.79 Å². The van der Waals surface area contributed by atoms with Crippen LogP contribution in [0.3, 0.4) is 0 Å². The van der Waals surface area contributed by atoms with Crippen molar-refractivity contribution in [2.75, 3.05) is 26.2 Å². The Labute approximate surface area is 139 Å². The molecule has 0 aromatic heterocycles. The molecule has 1 amide bonds. The highest BCUT2D eigenvalue weighted by molar-refractivity contribution is 5.68. The Morgan fingerprint density at radius 3 is 2.30 bits per heavy atom. The highest BCUT2D eigenvalue weighted by atomic mass is 16.6. The van der Waals surface area contributed by atoms with Crippen molar-refractivity contribution in [2.45, 2.75) is 45.8 Å². The van der Waals surface area contributed by atoms with E-state index in [0.717, 1.165) is 45.6 Å². The van der Waals surface area contributed by atoms with Gasteiger partial charge in [-0.1, -0.05) is 30.3 Å². The van der Waals surface area contributed by atoms with Crippen molar-refractivity contribution in [2.24, 2.45) is 5.41 Å². The van der Waals surface area contributed by atoms with Crippen molar-refractivity contribution in [3.63, 3.8) is 0 Å². The molecule has 2 aliphatic rings. The summed E-state index contributed by atoms with van der Waals surface area (Å²) >= 11 is 0. The molecule has 1 aromatic carbocycles. The first kappa shape index (κ1) is 16.3. The van der Waals surface area contributed by atoms with Gasteiger partial charge in [0.1, 0.15) is 5.60 Å². The van der Waals surface area contributed by atoms with Gasteiger partial charge in [-0.25, -0.2) is 4.79 Å². The molecule has 2 aliphatic heterocycles. The highest BCUT2D eigenvalue weighted by Gasteiger charge is 2.45. The maximum atomic E-state index is 12.1. The number of amides is 1. The first-order valence-corrected chi connectivity index (χ1v) is 8.60. The first-order valence-electron chi connectivity index (χ1n) is 8.60. The van der Waals surface area contributed by atoms with Gasteiger partial charge in [0.05, 0.1) is 0 Å². The maximum absolute atomic E-state index is 12.1. The van der Waals surface area contributed by atoms with E-state index >= 15 is 0 Å². The van der Waals surface area contributed by atoms with Gasteiger partial charge >= 0.3 is 6.09 Å². The van der Waals surface area contributed by atoms with Crippen LogP contribution in [0.1, 0.15) is 39.2 Å². The summed E-state index contributed by atoms with van der Waals surface area (Å²) < 4.78 is 5.47. The second kappa shape index (κ2) is 6.16. The number of benzene rings is 1. The number of carbonyl (C=O) groups excluding carboxylic acids is 1. The molecule has 2 saturated heterocycles. The lowest BCUT2D eigenvalue weighted by Crippen LogP contribution is -2.60. The van der Waals surface area contributed by atoms with E-state index in [1.807, 2.05) is 25.7 Å². The minimum Gasteiger partial charge on any atom is -0.444 e. The molecule has 1 aromatic rings. The van der Waals surface area contributed by atoms with Crippen LogP contribution in [-0.4, -0.2) is 47.7 Å². The van der Waals surface area contributed by atoms with Gasteiger partial charge in [0.15, 0.2) is 0 Å². The number of piperidine rings is 1. The van der Waals surface area contributed by atoms with Gasteiger partial charge in [-0.15, -0.1) is 0 Å². The third-order valence-electron chi connectivity index (χ3n) is 4.84. The van der Waals surface area contributed by atoms with E-state index < -0.39 is 5.60 Å². The Hall–Kier alpha value is -1.55. The summed E-state index contributed by atoms with van der Waals surface area (Å²) in [6, 6.07) is 10.6. The van der Waals surface area contributed by atoms with Crippen molar-refractivity contribution in [3.05, 3.63) is 35.9 Å². The van der Waals surface area contributed by atoms with Crippen molar-refractivity contribution >= 4 is 6.09 Å². The number of nitrogens with zero attached hydrogens (tertiary/aromatic N) is 2. The monoisotopic (exact) mass is 316 g/mol. The SMILES string of the molecule is CC(C)(C)OC(=O)N1CCC2(CC1)CN(Cc1ccccc1)C2. The standard InChI is InChI=1S/C19H28N2O2/c1-18(2,3)23-17(22)21-11-9-19(10-12-21)14-20(15-19)13-16-7-5-4-6-8-16/h4-8H,9-15H2,1-3H3. The molecule has 0 saturated carbocycles. The van der Waals surface area contributed by atoms with Gasteiger partial charge < -0.3 is 9.64 Å². The Kier molecular flexibility index (Phi) is 4.37. The fourth-order valence-electron chi connectivity index (χ4n) is 3.66. The van der Waals surface area contributed by atoms with Gasteiger partial charge in [0, 0.05) is 32.7 Å². The van der Waals surface area contributed by atoms with E-state index in [9.17, 15) is 4.79 Å². The first-order chi connectivity index (χ1) is 10.9. The summed E-state index contributed by atoms with van der Waals surface area (Å²) in [7, 11) is 0. The lowest BCUT2D eigenvalue weighted by Gasteiger charge is -2.54. The van der Waals surface area contributed by atoms with Gasteiger partial charge in [-0.3, -0.25) is 4.90 Å². The van der Waals surface area contributed by atoms with Crippen LogP contribution in [0.25, 0.3) is 0 Å². The topological polar surface area (TPSA) is 32.8 Å². The van der Waals surface area contributed by atoms with Crippen molar-refractivity contribution < 1.29 is 9.53 Å². The smallest absolute Gasteiger partial charge is 0.410 e. The van der Waals surface area contributed by atoms with E-state index in [-0.39, 0.29) is 6.09 Å². The number of carbonyl (C=O) groups is 1. The van der Waals surface area contributed by atoms with Gasteiger partial charge in [0.25, 0.3) is 0 Å². The van der Waals surface area contributed by atoms with Crippen LogP contribution in [0, 0.1) is 5.41 Å². The third kappa shape index (κ3) is 4.05. The second-order valence-corrected chi connectivity index (χ2v) is 8.10. The van der Waals surface area contributed by atoms with Gasteiger partial charge in [0.2, 0.25) is 0 Å². The predicted molar refractivity (Wildman–Crippen MR) is 91.2 cm³/mol. The largest absolute Gasteiger partial charge is 0.444 e. The quantitative estimate of drug-likeness (QED) is 0.837. The molecule has 2 fully saturated rings. The average molecular weight is 316 g/mol. The normalized spacial score (nSPS) is 21.1. The van der Waals surface area contributed by atoms with Crippen molar-refractivity contribution in [3.8, 4) is 0 Å². The molecule has 2 heterocycles. The van der Waals surface area contributed by atoms with E-state index in [1.165, 1.54) is 5.56 Å². The molecule has 0 atom stereocenters. The number of hydrogen-bond donors (Lipinski definition) is 0. The van der Waals surface area contributed by atoms with E-state index in [2.05, 4.69) is 35.2 Å². The summed E-state index contributed by atoms with van der Waals surface area (Å²) in [5, 5.41) is 0. The number of ether oxygens (including phenoxy) is 1. The predicted octanol–water partition coefficient (Wildman–Crippen LogP) is 3.52. The zero-order valence-electron chi connectivity index (χ0n) is 14.5. The Morgan fingerprint density at radius 2 is 1.74 bits per heavy atom. The fourth-order valence-corrected chi connectivity index (χ4v) is 3.66. The molecular weight excluding hydrogens is 288 g/mol. The summed E-state index contributed by atoms with van der Waals surface area (Å²) in [4.78, 5) is 16.5. The van der Waals surface area contributed by atoms with E-state index in [4.69, 9.17) is 4.74 Å². The van der Waals surface area contributed by atoms with Crippen LogP contribution in [0.5, 0.6) is 0 Å². The van der Waals surface area contributed by atoms with Crippen LogP contribution in [0.15, 0.2) is 30.3 Å². The number of rotatable bonds is 2. The Morgan fingerprint density at radius 1 is 1.13 bits per heavy atom. The summed E-state index contributed by atoms with van der Waals surface area (Å²) in [6.45, 7) is 10.8. The zero-order valence-corrected chi connectivity index (χ0v) is 14.5. The summed E-state index contributed by atoms with van der Waals surface area (Å²) in [5.41, 5.74) is 1.40. The molecular formula is C19H28N2O2. The molecule has 23 heavy (non-hydrogen) atoms. The Balaban J connectivity index is 1.44. The Bertz CT molecular complexity index is 534. The zero-order chi connectivity index (χ0) is 16.5. The van der Waals surface area contributed by atoms with Crippen LogP contribution in [-0.2, 0) is 11.3 Å². The number of likely N-dealkylation sites (tertiary alicyclic amines) is 2. The van der Waals surface area contributed by atoms with Crippen LogP contribution >= 0.6 is 0 Å². The fraction of sp³-hybridized carbons (Fsp3) is 0.632. The molecule has 3 rings (SSSR count). The third-order valence-corrected chi connectivity index (χ3v) is 4.84. The molecule has 0 bridgehead atoms. The lowest BCUT2D eigenvalue weighted by atomic mass is 9.72. The molecule has 1 spiro atoms. The van der Waals surface area contributed by atoms with Crippen molar-refractivity contribution in [1.82, 2.24) is 9.80 Å². The molecule has 0 aliphatic carbocycles. The summed E-state index contributed by atoms with van der Waals surface area (Å²) in [5.74, 6) is 0. The lowest BCUT2D eigenvalue weighted by molar-refractivity contribution is -0.0550. The second-order valence-electron chi connectivity index (χ2n) is 8.10. The van der Waals surface area contributed by atoms with Crippen LogP contribution < -0.4 is 0 Å². The van der Waals surface area contributed by atoms with E-state index in [1.54, 1.807) is 0 Å². The number of hydrogen-bond acceptors (Lipinski definition) is 3. The molecule has 4 heteroatoms. The maximum Gasteiger partial charge on any atom is 0.410 e.